The highest BCUT2D eigenvalue weighted by molar-refractivity contribution is 4.85. The van der Waals surface area contributed by atoms with Gasteiger partial charge in [0, 0.05) is 32.2 Å². The first-order valence-electron chi connectivity index (χ1n) is 7.83. The Labute approximate surface area is 112 Å². The fourth-order valence-corrected chi connectivity index (χ4v) is 3.31. The van der Waals surface area contributed by atoms with Crippen LogP contribution in [0.1, 0.15) is 46.0 Å². The monoisotopic (exact) mass is 254 g/mol. The summed E-state index contributed by atoms with van der Waals surface area (Å²) in [6, 6.07) is 0.734. The van der Waals surface area contributed by atoms with Crippen molar-refractivity contribution in [3.05, 3.63) is 0 Å². The van der Waals surface area contributed by atoms with Crippen molar-refractivity contribution in [2.24, 2.45) is 5.92 Å². The van der Waals surface area contributed by atoms with Gasteiger partial charge >= 0.3 is 0 Å². The number of ether oxygens (including phenoxy) is 1. The zero-order chi connectivity index (χ0) is 12.8. The molecule has 1 atom stereocenters. The molecule has 1 saturated carbocycles. The second-order valence-electron chi connectivity index (χ2n) is 6.18. The minimum absolute atomic E-state index is 0.363. The minimum Gasteiger partial charge on any atom is -0.377 e. The SMILES string of the molecule is CC(C)OCCN1CCNC(C2CCCCC2)C1. The van der Waals surface area contributed by atoms with E-state index in [1.54, 1.807) is 0 Å². The molecule has 0 spiro atoms. The summed E-state index contributed by atoms with van der Waals surface area (Å²) in [4.78, 5) is 2.58. The van der Waals surface area contributed by atoms with Crippen LogP contribution in [0.3, 0.4) is 0 Å². The lowest BCUT2D eigenvalue weighted by Gasteiger charge is -2.39. The van der Waals surface area contributed by atoms with Crippen LogP contribution < -0.4 is 5.32 Å². The molecular formula is C15H30N2O. The Morgan fingerprint density at radius 3 is 2.72 bits per heavy atom. The van der Waals surface area contributed by atoms with Crippen LogP contribution in [-0.4, -0.2) is 49.8 Å². The summed E-state index contributed by atoms with van der Waals surface area (Å²) in [7, 11) is 0. The van der Waals surface area contributed by atoms with Crippen LogP contribution in [-0.2, 0) is 4.74 Å². The quantitative estimate of drug-likeness (QED) is 0.814. The second kappa shape index (κ2) is 7.46. The van der Waals surface area contributed by atoms with E-state index in [4.69, 9.17) is 4.74 Å². The highest BCUT2D eigenvalue weighted by Gasteiger charge is 2.27. The topological polar surface area (TPSA) is 24.5 Å². The van der Waals surface area contributed by atoms with Gasteiger partial charge in [0.2, 0.25) is 0 Å². The van der Waals surface area contributed by atoms with Crippen molar-refractivity contribution in [3.63, 3.8) is 0 Å². The van der Waals surface area contributed by atoms with Crippen LogP contribution in [0.15, 0.2) is 0 Å². The predicted molar refractivity (Wildman–Crippen MR) is 75.9 cm³/mol. The molecule has 0 aromatic carbocycles. The van der Waals surface area contributed by atoms with Gasteiger partial charge in [-0.2, -0.15) is 0 Å². The first kappa shape index (κ1) is 14.3. The summed E-state index contributed by atoms with van der Waals surface area (Å²) in [6.07, 6.45) is 7.58. The van der Waals surface area contributed by atoms with Crippen molar-refractivity contribution >= 4 is 0 Å². The Balaban J connectivity index is 1.70. The third kappa shape index (κ3) is 4.52. The molecule has 0 bridgehead atoms. The third-order valence-corrected chi connectivity index (χ3v) is 4.37. The molecule has 106 valence electrons. The molecule has 3 nitrogen and oxygen atoms in total. The molecule has 0 radical (unpaired) electrons. The normalized spacial score (nSPS) is 27.8. The molecule has 0 aromatic rings. The van der Waals surface area contributed by atoms with Gasteiger partial charge in [-0.05, 0) is 32.6 Å². The van der Waals surface area contributed by atoms with Crippen LogP contribution in [0.2, 0.25) is 0 Å². The summed E-state index contributed by atoms with van der Waals surface area (Å²) < 4.78 is 5.66. The van der Waals surface area contributed by atoms with Crippen molar-refractivity contribution in [1.29, 1.82) is 0 Å². The Bertz CT molecular complexity index is 227. The number of rotatable bonds is 5. The largest absolute Gasteiger partial charge is 0.377 e. The molecule has 0 amide bonds. The number of nitrogens with one attached hydrogen (secondary N) is 1. The average molecular weight is 254 g/mol. The Kier molecular flexibility index (Phi) is 5.93. The van der Waals surface area contributed by atoms with Crippen LogP contribution in [0, 0.1) is 5.92 Å². The molecule has 3 heteroatoms. The van der Waals surface area contributed by atoms with Crippen LogP contribution in [0.25, 0.3) is 0 Å². The van der Waals surface area contributed by atoms with Crippen LogP contribution >= 0.6 is 0 Å². The third-order valence-electron chi connectivity index (χ3n) is 4.37. The van der Waals surface area contributed by atoms with Gasteiger partial charge in [-0.25, -0.2) is 0 Å². The van der Waals surface area contributed by atoms with E-state index in [0.29, 0.717) is 6.10 Å². The molecule has 18 heavy (non-hydrogen) atoms. The molecule has 1 unspecified atom stereocenters. The first-order valence-corrected chi connectivity index (χ1v) is 7.83. The van der Waals surface area contributed by atoms with Gasteiger partial charge in [0.1, 0.15) is 0 Å². The van der Waals surface area contributed by atoms with Crippen LogP contribution in [0.5, 0.6) is 0 Å². The lowest BCUT2D eigenvalue weighted by Crippen LogP contribution is -2.54. The van der Waals surface area contributed by atoms with E-state index in [-0.39, 0.29) is 0 Å². The highest BCUT2D eigenvalue weighted by Crippen LogP contribution is 2.27. The van der Waals surface area contributed by atoms with Crippen molar-refractivity contribution in [3.8, 4) is 0 Å². The van der Waals surface area contributed by atoms with Gasteiger partial charge in [-0.1, -0.05) is 19.3 Å². The van der Waals surface area contributed by atoms with Gasteiger partial charge < -0.3 is 10.1 Å². The maximum Gasteiger partial charge on any atom is 0.0596 e. The number of piperazine rings is 1. The Hall–Kier alpha value is -0.120. The fourth-order valence-electron chi connectivity index (χ4n) is 3.31. The average Bonchev–Trinajstić information content (AvgIpc) is 2.40. The molecule has 1 aliphatic heterocycles. The molecule has 1 N–H and O–H groups in total. The smallest absolute Gasteiger partial charge is 0.0596 e. The molecular weight excluding hydrogens is 224 g/mol. The number of hydrogen-bond donors (Lipinski definition) is 1. The first-order chi connectivity index (χ1) is 8.75. The fraction of sp³-hybridized carbons (Fsp3) is 1.00. The van der Waals surface area contributed by atoms with Gasteiger partial charge in [0.25, 0.3) is 0 Å². The molecule has 0 aromatic heterocycles. The summed E-state index contributed by atoms with van der Waals surface area (Å²) in [6.45, 7) is 9.78. The molecule has 1 heterocycles. The van der Waals surface area contributed by atoms with Gasteiger partial charge in [0.05, 0.1) is 12.7 Å². The number of nitrogens with zero attached hydrogens (tertiary/aromatic N) is 1. The zero-order valence-corrected chi connectivity index (χ0v) is 12.2. The van der Waals surface area contributed by atoms with E-state index in [9.17, 15) is 0 Å². The molecule has 1 aliphatic carbocycles. The Morgan fingerprint density at radius 1 is 1.22 bits per heavy atom. The van der Waals surface area contributed by atoms with Gasteiger partial charge in [-0.15, -0.1) is 0 Å². The van der Waals surface area contributed by atoms with Crippen LogP contribution in [0.4, 0.5) is 0 Å². The maximum atomic E-state index is 5.66. The summed E-state index contributed by atoms with van der Waals surface area (Å²) in [5.41, 5.74) is 0. The van der Waals surface area contributed by atoms with E-state index >= 15 is 0 Å². The summed E-state index contributed by atoms with van der Waals surface area (Å²) in [5.74, 6) is 0.924. The summed E-state index contributed by atoms with van der Waals surface area (Å²) >= 11 is 0. The van der Waals surface area contributed by atoms with E-state index in [1.807, 2.05) is 0 Å². The van der Waals surface area contributed by atoms with E-state index in [0.717, 1.165) is 31.7 Å². The van der Waals surface area contributed by atoms with Crippen molar-refractivity contribution in [2.45, 2.75) is 58.1 Å². The van der Waals surface area contributed by atoms with Gasteiger partial charge in [-0.3, -0.25) is 4.90 Å². The summed E-state index contributed by atoms with van der Waals surface area (Å²) in [5, 5.41) is 3.74. The minimum atomic E-state index is 0.363. The second-order valence-corrected chi connectivity index (χ2v) is 6.18. The van der Waals surface area contributed by atoms with E-state index in [2.05, 4.69) is 24.1 Å². The standard InChI is InChI=1S/C15H30N2O/c1-13(2)18-11-10-17-9-8-16-15(12-17)14-6-4-3-5-7-14/h13-16H,3-12H2,1-2H3. The van der Waals surface area contributed by atoms with Crippen molar-refractivity contribution in [2.75, 3.05) is 32.8 Å². The highest BCUT2D eigenvalue weighted by atomic mass is 16.5. The Morgan fingerprint density at radius 2 is 2.00 bits per heavy atom. The lowest BCUT2D eigenvalue weighted by molar-refractivity contribution is 0.0476. The molecule has 2 aliphatic rings. The zero-order valence-electron chi connectivity index (χ0n) is 12.2. The number of hydrogen-bond acceptors (Lipinski definition) is 3. The molecule has 2 rings (SSSR count). The molecule has 2 fully saturated rings. The van der Waals surface area contributed by atoms with Crippen molar-refractivity contribution in [1.82, 2.24) is 10.2 Å². The van der Waals surface area contributed by atoms with Gasteiger partial charge in [0.15, 0.2) is 0 Å². The van der Waals surface area contributed by atoms with Crippen molar-refractivity contribution < 1.29 is 4.74 Å². The van der Waals surface area contributed by atoms with E-state index in [1.165, 1.54) is 45.2 Å². The molecule has 1 saturated heterocycles. The predicted octanol–water partition coefficient (Wildman–Crippen LogP) is 2.27. The lowest BCUT2D eigenvalue weighted by atomic mass is 9.83. The maximum absolute atomic E-state index is 5.66. The van der Waals surface area contributed by atoms with E-state index < -0.39 is 0 Å².